The number of pyridine rings is 1. The highest BCUT2D eigenvalue weighted by Gasteiger charge is 2.14. The van der Waals surface area contributed by atoms with Crippen molar-refractivity contribution in [1.29, 1.82) is 0 Å². The van der Waals surface area contributed by atoms with E-state index in [0.29, 0.717) is 22.6 Å². The summed E-state index contributed by atoms with van der Waals surface area (Å²) in [4.78, 5) is 28.7. The summed E-state index contributed by atoms with van der Waals surface area (Å²) in [6.07, 6.45) is 1.49. The van der Waals surface area contributed by atoms with Crippen molar-refractivity contribution in [3.63, 3.8) is 0 Å². The van der Waals surface area contributed by atoms with Crippen LogP contribution >= 0.6 is 0 Å². The number of carbonyl (C=O) groups is 2. The molecule has 1 heterocycles. The van der Waals surface area contributed by atoms with Crippen molar-refractivity contribution < 1.29 is 14.3 Å². The van der Waals surface area contributed by atoms with Crippen LogP contribution in [-0.4, -0.2) is 24.0 Å². The molecule has 1 aromatic heterocycles. The predicted octanol–water partition coefficient (Wildman–Crippen LogP) is 4.48. The van der Waals surface area contributed by atoms with Crippen molar-refractivity contribution in [2.75, 3.05) is 17.7 Å². The summed E-state index contributed by atoms with van der Waals surface area (Å²) in [5, 5.41) is 6.01. The van der Waals surface area contributed by atoms with Gasteiger partial charge in [-0.15, -0.1) is 0 Å². The zero-order valence-electron chi connectivity index (χ0n) is 15.9. The number of rotatable bonds is 5. The molecule has 0 aliphatic carbocycles. The Hall–Kier alpha value is -3.67. The number of esters is 1. The number of hydrogen-bond donors (Lipinski definition) is 2. The number of hydrogen-bond acceptors (Lipinski definition) is 5. The minimum absolute atomic E-state index is 0.291. The van der Waals surface area contributed by atoms with Gasteiger partial charge in [0.25, 0.3) is 5.91 Å². The first kappa shape index (κ1) is 19.1. The van der Waals surface area contributed by atoms with Crippen molar-refractivity contribution >= 4 is 29.1 Å². The molecule has 6 heteroatoms. The molecule has 0 saturated carbocycles. The van der Waals surface area contributed by atoms with Gasteiger partial charge in [-0.1, -0.05) is 30.3 Å². The van der Waals surface area contributed by atoms with Crippen LogP contribution in [0.2, 0.25) is 0 Å². The van der Waals surface area contributed by atoms with Gasteiger partial charge in [-0.05, 0) is 49.2 Å². The summed E-state index contributed by atoms with van der Waals surface area (Å²) in [6, 6.07) is 16.2. The van der Waals surface area contributed by atoms with Gasteiger partial charge >= 0.3 is 5.97 Å². The number of aryl methyl sites for hydroxylation is 2. The van der Waals surface area contributed by atoms with Crippen LogP contribution in [-0.2, 0) is 4.74 Å². The van der Waals surface area contributed by atoms with Crippen LogP contribution in [0.25, 0.3) is 0 Å². The van der Waals surface area contributed by atoms with Crippen LogP contribution in [0.4, 0.5) is 17.2 Å². The summed E-state index contributed by atoms with van der Waals surface area (Å²) in [6.45, 7) is 4.05. The number of ether oxygens (including phenoxy) is 1. The lowest BCUT2D eigenvalue weighted by Gasteiger charge is -2.12. The molecule has 2 aromatic carbocycles. The molecule has 0 unspecified atom stereocenters. The smallest absolute Gasteiger partial charge is 0.339 e. The maximum Gasteiger partial charge on any atom is 0.339 e. The summed E-state index contributed by atoms with van der Waals surface area (Å²) in [5.41, 5.74) is 4.29. The molecule has 0 bridgehead atoms. The average molecular weight is 375 g/mol. The Morgan fingerprint density at radius 2 is 1.64 bits per heavy atom. The van der Waals surface area contributed by atoms with E-state index in [0.717, 1.165) is 16.8 Å². The van der Waals surface area contributed by atoms with Crippen LogP contribution in [0.1, 0.15) is 31.8 Å². The van der Waals surface area contributed by atoms with E-state index in [1.54, 1.807) is 36.4 Å². The average Bonchev–Trinajstić information content (AvgIpc) is 2.71. The third-order valence-electron chi connectivity index (χ3n) is 4.34. The van der Waals surface area contributed by atoms with E-state index in [-0.39, 0.29) is 5.91 Å². The van der Waals surface area contributed by atoms with E-state index in [2.05, 4.69) is 15.6 Å². The summed E-state index contributed by atoms with van der Waals surface area (Å²) >= 11 is 0. The van der Waals surface area contributed by atoms with Gasteiger partial charge in [0, 0.05) is 11.9 Å². The third kappa shape index (κ3) is 4.17. The Kier molecular flexibility index (Phi) is 5.69. The highest BCUT2D eigenvalue weighted by Crippen LogP contribution is 2.23. The molecule has 3 aromatic rings. The first-order valence-electron chi connectivity index (χ1n) is 8.77. The first-order valence-corrected chi connectivity index (χ1v) is 8.77. The van der Waals surface area contributed by atoms with Gasteiger partial charge in [-0.3, -0.25) is 4.79 Å². The molecule has 0 fully saturated rings. The van der Waals surface area contributed by atoms with E-state index in [1.165, 1.54) is 13.3 Å². The van der Waals surface area contributed by atoms with Gasteiger partial charge in [0.15, 0.2) is 0 Å². The third-order valence-corrected chi connectivity index (χ3v) is 4.34. The van der Waals surface area contributed by atoms with Crippen molar-refractivity contribution in [2.45, 2.75) is 13.8 Å². The summed E-state index contributed by atoms with van der Waals surface area (Å²) < 4.78 is 4.74. The maximum absolute atomic E-state index is 12.5. The molecule has 2 N–H and O–H groups in total. The van der Waals surface area contributed by atoms with Gasteiger partial charge in [0.1, 0.15) is 5.82 Å². The van der Waals surface area contributed by atoms with Gasteiger partial charge < -0.3 is 15.4 Å². The number of benzene rings is 2. The van der Waals surface area contributed by atoms with Crippen LogP contribution in [0, 0.1) is 13.8 Å². The van der Waals surface area contributed by atoms with Gasteiger partial charge in [-0.2, -0.15) is 0 Å². The molecule has 0 radical (unpaired) electrons. The van der Waals surface area contributed by atoms with E-state index in [9.17, 15) is 9.59 Å². The van der Waals surface area contributed by atoms with E-state index < -0.39 is 5.97 Å². The number of amides is 1. The Morgan fingerprint density at radius 3 is 2.29 bits per heavy atom. The number of anilines is 3. The Labute approximate surface area is 163 Å². The normalized spacial score (nSPS) is 10.2. The SMILES string of the molecule is COC(=O)c1ccccc1NC(=O)c1ccc(Nc2c(C)cccc2C)nc1. The first-order chi connectivity index (χ1) is 13.5. The van der Waals surface area contributed by atoms with Crippen molar-refractivity contribution in [1.82, 2.24) is 4.98 Å². The molecule has 28 heavy (non-hydrogen) atoms. The Bertz CT molecular complexity index is 994. The molecule has 6 nitrogen and oxygen atoms in total. The molecule has 142 valence electrons. The monoisotopic (exact) mass is 375 g/mol. The Balaban J connectivity index is 1.75. The standard InChI is InChI=1S/C22H21N3O3/c1-14-7-6-8-15(2)20(14)25-19-12-11-16(13-23-19)21(26)24-18-10-5-4-9-17(18)22(27)28-3/h4-13H,1-3H3,(H,23,25)(H,24,26). The minimum atomic E-state index is -0.512. The second-order valence-electron chi connectivity index (χ2n) is 6.32. The van der Waals surface area contributed by atoms with Crippen LogP contribution in [0.3, 0.4) is 0 Å². The predicted molar refractivity (Wildman–Crippen MR) is 109 cm³/mol. The van der Waals surface area contributed by atoms with E-state index >= 15 is 0 Å². The molecular weight excluding hydrogens is 354 g/mol. The number of methoxy groups -OCH3 is 1. The second-order valence-corrected chi connectivity index (χ2v) is 6.32. The van der Waals surface area contributed by atoms with Crippen LogP contribution in [0.5, 0.6) is 0 Å². The maximum atomic E-state index is 12.5. The molecule has 0 atom stereocenters. The minimum Gasteiger partial charge on any atom is -0.465 e. The fourth-order valence-corrected chi connectivity index (χ4v) is 2.82. The highest BCUT2D eigenvalue weighted by atomic mass is 16.5. The summed E-state index contributed by atoms with van der Waals surface area (Å²) in [5.74, 6) is -0.228. The van der Waals surface area contributed by atoms with Crippen molar-refractivity contribution in [3.05, 3.63) is 83.0 Å². The van der Waals surface area contributed by atoms with Crippen LogP contribution < -0.4 is 10.6 Å². The zero-order chi connectivity index (χ0) is 20.1. The van der Waals surface area contributed by atoms with Gasteiger partial charge in [0.2, 0.25) is 0 Å². The second kappa shape index (κ2) is 8.35. The number of aromatic nitrogens is 1. The fourth-order valence-electron chi connectivity index (χ4n) is 2.82. The summed E-state index contributed by atoms with van der Waals surface area (Å²) in [7, 11) is 1.30. The number of para-hydroxylation sites is 2. The van der Waals surface area contributed by atoms with E-state index in [4.69, 9.17) is 4.74 Å². The van der Waals surface area contributed by atoms with Crippen molar-refractivity contribution in [3.8, 4) is 0 Å². The quantitative estimate of drug-likeness (QED) is 0.643. The Morgan fingerprint density at radius 1 is 0.929 bits per heavy atom. The van der Waals surface area contributed by atoms with Gasteiger partial charge in [-0.25, -0.2) is 9.78 Å². The van der Waals surface area contributed by atoms with E-state index in [1.807, 2.05) is 32.0 Å². The molecule has 0 saturated heterocycles. The number of carbonyl (C=O) groups excluding carboxylic acids is 2. The molecular formula is C22H21N3O3. The number of nitrogens with one attached hydrogen (secondary N) is 2. The zero-order valence-corrected chi connectivity index (χ0v) is 15.9. The molecule has 1 amide bonds. The molecule has 0 aliphatic rings. The molecule has 0 spiro atoms. The fraction of sp³-hybridized carbons (Fsp3) is 0.136. The molecule has 3 rings (SSSR count). The van der Waals surface area contributed by atoms with Gasteiger partial charge in [0.05, 0.1) is 23.9 Å². The lowest BCUT2D eigenvalue weighted by Crippen LogP contribution is -2.15. The number of nitrogens with zero attached hydrogens (tertiary/aromatic N) is 1. The van der Waals surface area contributed by atoms with Crippen LogP contribution in [0.15, 0.2) is 60.8 Å². The lowest BCUT2D eigenvalue weighted by atomic mass is 10.1. The largest absolute Gasteiger partial charge is 0.465 e. The topological polar surface area (TPSA) is 80.3 Å². The highest BCUT2D eigenvalue weighted by molar-refractivity contribution is 6.07. The lowest BCUT2D eigenvalue weighted by molar-refractivity contribution is 0.0602. The van der Waals surface area contributed by atoms with Crippen molar-refractivity contribution in [2.24, 2.45) is 0 Å². The molecule has 0 aliphatic heterocycles.